The number of hydrogen-bond donors (Lipinski definition) is 2. The number of hydrogen-bond acceptors (Lipinski definition) is 2. The fourth-order valence-corrected chi connectivity index (χ4v) is 2.33. The number of nitrogens with zero attached hydrogens (tertiary/aromatic N) is 1. The van der Waals surface area contributed by atoms with E-state index in [1.807, 2.05) is 20.8 Å². The van der Waals surface area contributed by atoms with Crippen molar-refractivity contribution in [2.24, 2.45) is 10.9 Å². The van der Waals surface area contributed by atoms with E-state index in [1.54, 1.807) is 0 Å². The van der Waals surface area contributed by atoms with Crippen molar-refractivity contribution in [2.75, 3.05) is 25.4 Å². The van der Waals surface area contributed by atoms with Gasteiger partial charge in [-0.1, -0.05) is 0 Å². The molecule has 114 valence electrons. The summed E-state index contributed by atoms with van der Waals surface area (Å²) in [4.78, 5) is 4.53. The third-order valence-corrected chi connectivity index (χ3v) is 4.75. The summed E-state index contributed by atoms with van der Waals surface area (Å²) in [5, 5.41) is 6.47. The number of guanidine groups is 1. The van der Waals surface area contributed by atoms with Gasteiger partial charge in [-0.2, -0.15) is 0 Å². The number of aliphatic imine (C=N–C) groups is 1. The number of rotatable bonds is 6. The molecule has 1 saturated carbocycles. The van der Waals surface area contributed by atoms with Gasteiger partial charge in [0.1, 0.15) is 0 Å². The lowest BCUT2D eigenvalue weighted by Gasteiger charge is -2.18. The summed E-state index contributed by atoms with van der Waals surface area (Å²) in [6.45, 7) is 10.6. The van der Waals surface area contributed by atoms with Gasteiger partial charge in [0.05, 0.1) is 0 Å². The van der Waals surface area contributed by atoms with Crippen LogP contribution in [-0.4, -0.2) is 40.3 Å². The summed E-state index contributed by atoms with van der Waals surface area (Å²) in [7, 11) is -0.803. The zero-order valence-electron chi connectivity index (χ0n) is 12.5. The lowest BCUT2D eigenvalue weighted by atomic mass is 10.3. The number of halogens is 1. The van der Waals surface area contributed by atoms with E-state index < -0.39 is 10.8 Å². The zero-order valence-corrected chi connectivity index (χ0v) is 15.6. The predicted octanol–water partition coefficient (Wildman–Crippen LogP) is 2.12. The minimum absolute atomic E-state index is 0. The first kappa shape index (κ1) is 19.1. The first-order valence-corrected chi connectivity index (χ1v) is 8.16. The molecule has 1 aliphatic rings. The highest BCUT2D eigenvalue weighted by molar-refractivity contribution is 14.0. The molecule has 0 aromatic heterocycles. The van der Waals surface area contributed by atoms with Gasteiger partial charge >= 0.3 is 0 Å². The molecule has 0 aromatic rings. The van der Waals surface area contributed by atoms with Crippen molar-refractivity contribution in [2.45, 2.75) is 45.3 Å². The van der Waals surface area contributed by atoms with Crippen LogP contribution in [-0.2, 0) is 10.8 Å². The minimum atomic E-state index is -0.803. The highest BCUT2D eigenvalue weighted by Crippen LogP contribution is 2.28. The van der Waals surface area contributed by atoms with Crippen molar-refractivity contribution >= 4 is 40.7 Å². The third-order valence-electron chi connectivity index (χ3n) is 2.81. The van der Waals surface area contributed by atoms with Crippen LogP contribution in [0.15, 0.2) is 4.99 Å². The molecule has 1 rings (SSSR count). The molecule has 6 heteroatoms. The van der Waals surface area contributed by atoms with Crippen LogP contribution >= 0.6 is 24.0 Å². The van der Waals surface area contributed by atoms with Gasteiger partial charge in [-0.25, -0.2) is 0 Å². The molecule has 0 amide bonds. The Bertz CT molecular complexity index is 312. The Hall–Kier alpha value is 0.150. The maximum Gasteiger partial charge on any atom is 0.191 e. The summed E-state index contributed by atoms with van der Waals surface area (Å²) < 4.78 is 11.8. The van der Waals surface area contributed by atoms with Crippen molar-refractivity contribution < 1.29 is 4.21 Å². The second-order valence-corrected chi connectivity index (χ2v) is 8.08. The summed E-state index contributed by atoms with van der Waals surface area (Å²) >= 11 is 0. The second kappa shape index (κ2) is 9.15. The molecule has 1 unspecified atom stereocenters. The van der Waals surface area contributed by atoms with E-state index in [2.05, 4.69) is 22.5 Å². The maximum absolute atomic E-state index is 11.9. The van der Waals surface area contributed by atoms with Gasteiger partial charge in [-0.15, -0.1) is 24.0 Å². The fourth-order valence-electron chi connectivity index (χ4n) is 1.43. The first-order chi connectivity index (χ1) is 8.43. The molecule has 1 atom stereocenters. The molecule has 4 nitrogen and oxygen atoms in total. The van der Waals surface area contributed by atoms with E-state index in [0.717, 1.165) is 25.0 Å². The second-order valence-electron chi connectivity index (χ2n) is 5.75. The van der Waals surface area contributed by atoms with Crippen molar-refractivity contribution in [1.82, 2.24) is 10.6 Å². The lowest BCUT2D eigenvalue weighted by Crippen LogP contribution is -2.40. The minimum Gasteiger partial charge on any atom is -0.357 e. The van der Waals surface area contributed by atoms with E-state index in [0.29, 0.717) is 12.3 Å². The molecule has 1 aliphatic carbocycles. The standard InChI is InChI=1S/C13H27N3OS.HI/c1-5-14-12(16-10-11-6-7-11)15-8-9-18(17)13(2,3)4;/h11H,5-10H2,1-4H3,(H2,14,15,16);1H. The van der Waals surface area contributed by atoms with Crippen molar-refractivity contribution in [3.05, 3.63) is 0 Å². The van der Waals surface area contributed by atoms with Crippen LogP contribution in [0.4, 0.5) is 0 Å². The van der Waals surface area contributed by atoms with Gasteiger partial charge in [0.2, 0.25) is 0 Å². The SMILES string of the molecule is CCNC(=NCC1CC1)NCCS(=O)C(C)(C)C.I. The van der Waals surface area contributed by atoms with Crippen molar-refractivity contribution in [1.29, 1.82) is 0 Å². The molecular weight excluding hydrogens is 373 g/mol. The molecule has 0 spiro atoms. The van der Waals surface area contributed by atoms with Gasteiger partial charge in [0, 0.05) is 40.9 Å². The highest BCUT2D eigenvalue weighted by Gasteiger charge is 2.21. The molecule has 2 N–H and O–H groups in total. The Morgan fingerprint density at radius 2 is 1.95 bits per heavy atom. The predicted molar refractivity (Wildman–Crippen MR) is 94.9 cm³/mol. The molecule has 0 heterocycles. The van der Waals surface area contributed by atoms with E-state index in [-0.39, 0.29) is 28.7 Å². The van der Waals surface area contributed by atoms with E-state index in [4.69, 9.17) is 0 Å². The molecule has 1 fully saturated rings. The summed E-state index contributed by atoms with van der Waals surface area (Å²) in [5.74, 6) is 2.32. The van der Waals surface area contributed by atoms with Gasteiger partial charge in [0.15, 0.2) is 5.96 Å². The summed E-state index contributed by atoms with van der Waals surface area (Å²) in [6, 6.07) is 0. The van der Waals surface area contributed by atoms with Crippen LogP contribution in [0.1, 0.15) is 40.5 Å². The van der Waals surface area contributed by atoms with Gasteiger partial charge < -0.3 is 10.6 Å². The number of nitrogens with one attached hydrogen (secondary N) is 2. The molecule has 19 heavy (non-hydrogen) atoms. The van der Waals surface area contributed by atoms with Gasteiger partial charge in [-0.3, -0.25) is 9.20 Å². The molecule has 0 aliphatic heterocycles. The van der Waals surface area contributed by atoms with Gasteiger partial charge in [-0.05, 0) is 46.5 Å². The summed E-state index contributed by atoms with van der Waals surface area (Å²) in [6.07, 6.45) is 2.63. The average Bonchev–Trinajstić information content (AvgIpc) is 3.08. The van der Waals surface area contributed by atoms with Crippen LogP contribution in [0.25, 0.3) is 0 Å². The van der Waals surface area contributed by atoms with Crippen LogP contribution in [0.5, 0.6) is 0 Å². The monoisotopic (exact) mass is 401 g/mol. The van der Waals surface area contributed by atoms with Crippen LogP contribution in [0, 0.1) is 5.92 Å². The Morgan fingerprint density at radius 3 is 2.42 bits per heavy atom. The molecule has 0 bridgehead atoms. The Labute approximate surface area is 137 Å². The molecular formula is C13H28IN3OS. The Balaban J connectivity index is 0.00000324. The summed E-state index contributed by atoms with van der Waals surface area (Å²) in [5.41, 5.74) is 0. The molecule has 0 radical (unpaired) electrons. The van der Waals surface area contributed by atoms with Crippen molar-refractivity contribution in [3.63, 3.8) is 0 Å². The third kappa shape index (κ3) is 8.83. The fraction of sp³-hybridized carbons (Fsp3) is 0.923. The van der Waals surface area contributed by atoms with Gasteiger partial charge in [0.25, 0.3) is 0 Å². The topological polar surface area (TPSA) is 53.5 Å². The quantitative estimate of drug-likeness (QED) is 0.407. The Kier molecular flexibility index (Phi) is 9.23. The average molecular weight is 401 g/mol. The smallest absolute Gasteiger partial charge is 0.191 e. The first-order valence-electron chi connectivity index (χ1n) is 6.84. The Morgan fingerprint density at radius 1 is 1.32 bits per heavy atom. The van der Waals surface area contributed by atoms with Crippen LogP contribution in [0.2, 0.25) is 0 Å². The van der Waals surface area contributed by atoms with Crippen LogP contribution in [0.3, 0.4) is 0 Å². The van der Waals surface area contributed by atoms with Crippen LogP contribution < -0.4 is 10.6 Å². The van der Waals surface area contributed by atoms with E-state index >= 15 is 0 Å². The maximum atomic E-state index is 11.9. The van der Waals surface area contributed by atoms with E-state index in [9.17, 15) is 4.21 Å². The highest BCUT2D eigenvalue weighted by atomic mass is 127. The molecule has 0 saturated heterocycles. The normalized spacial score (nSPS) is 17.6. The largest absolute Gasteiger partial charge is 0.357 e. The lowest BCUT2D eigenvalue weighted by molar-refractivity contribution is 0.647. The van der Waals surface area contributed by atoms with Crippen molar-refractivity contribution in [3.8, 4) is 0 Å². The van der Waals surface area contributed by atoms with E-state index in [1.165, 1.54) is 12.8 Å². The zero-order chi connectivity index (χ0) is 13.6. The molecule has 0 aromatic carbocycles.